The Morgan fingerprint density at radius 1 is 1.33 bits per heavy atom. The molecule has 21 heavy (non-hydrogen) atoms. The molecule has 0 spiro atoms. The van der Waals surface area contributed by atoms with Crippen LogP contribution in [0.25, 0.3) is 0 Å². The molecule has 0 saturated carbocycles. The van der Waals surface area contributed by atoms with Gasteiger partial charge in [-0.3, -0.25) is 9.59 Å². The molecular formula is C15H13N3O3. The molecule has 106 valence electrons. The smallest absolute Gasteiger partial charge is 0.263 e. The van der Waals surface area contributed by atoms with Gasteiger partial charge in [0.15, 0.2) is 18.2 Å². The predicted octanol–water partition coefficient (Wildman–Crippen LogP) is 1.97. The van der Waals surface area contributed by atoms with E-state index >= 15 is 0 Å². The normalized spacial score (nSPS) is 12.9. The highest BCUT2D eigenvalue weighted by molar-refractivity contribution is 6.04. The zero-order valence-electron chi connectivity index (χ0n) is 11.3. The monoisotopic (exact) mass is 283 g/mol. The number of rotatable bonds is 2. The molecule has 3 rings (SSSR count). The Labute approximate surface area is 121 Å². The van der Waals surface area contributed by atoms with Crippen molar-refractivity contribution in [2.24, 2.45) is 0 Å². The van der Waals surface area contributed by atoms with Crippen LogP contribution >= 0.6 is 0 Å². The van der Waals surface area contributed by atoms with Crippen LogP contribution in [0.5, 0.6) is 5.75 Å². The van der Waals surface area contributed by atoms with Crippen LogP contribution in [0.4, 0.5) is 11.6 Å². The molecule has 0 unspecified atom stereocenters. The van der Waals surface area contributed by atoms with E-state index in [1.807, 2.05) is 19.1 Å². The molecule has 2 heterocycles. The van der Waals surface area contributed by atoms with Crippen LogP contribution in [-0.2, 0) is 4.79 Å². The van der Waals surface area contributed by atoms with Crippen molar-refractivity contribution >= 4 is 23.5 Å². The second-order valence-corrected chi connectivity index (χ2v) is 4.70. The summed E-state index contributed by atoms with van der Waals surface area (Å²) in [4.78, 5) is 27.5. The van der Waals surface area contributed by atoms with Crippen molar-refractivity contribution in [1.82, 2.24) is 4.98 Å². The van der Waals surface area contributed by atoms with Crippen molar-refractivity contribution in [2.75, 3.05) is 17.2 Å². The molecule has 2 amide bonds. The van der Waals surface area contributed by atoms with Crippen molar-refractivity contribution < 1.29 is 14.3 Å². The fourth-order valence-electron chi connectivity index (χ4n) is 2.01. The van der Waals surface area contributed by atoms with Crippen LogP contribution in [0.1, 0.15) is 15.9 Å². The summed E-state index contributed by atoms with van der Waals surface area (Å²) in [6.07, 6.45) is 0. The van der Waals surface area contributed by atoms with Gasteiger partial charge in [-0.25, -0.2) is 4.98 Å². The van der Waals surface area contributed by atoms with Gasteiger partial charge in [0.05, 0.1) is 0 Å². The summed E-state index contributed by atoms with van der Waals surface area (Å²) in [5, 5.41) is 5.29. The quantitative estimate of drug-likeness (QED) is 0.883. The topological polar surface area (TPSA) is 80.3 Å². The molecule has 1 aliphatic heterocycles. The van der Waals surface area contributed by atoms with E-state index in [9.17, 15) is 9.59 Å². The molecular weight excluding hydrogens is 270 g/mol. The first-order valence-electron chi connectivity index (χ1n) is 6.43. The average Bonchev–Trinajstić information content (AvgIpc) is 2.46. The van der Waals surface area contributed by atoms with Gasteiger partial charge < -0.3 is 15.4 Å². The number of carbonyl (C=O) groups excluding carboxylic acids is 2. The van der Waals surface area contributed by atoms with Gasteiger partial charge in [0.1, 0.15) is 5.82 Å². The van der Waals surface area contributed by atoms with Gasteiger partial charge in [0, 0.05) is 5.56 Å². The minimum absolute atomic E-state index is 0.0241. The fraction of sp³-hybridized carbons (Fsp3) is 0.133. The minimum atomic E-state index is -0.267. The van der Waals surface area contributed by atoms with E-state index in [-0.39, 0.29) is 18.4 Å². The molecule has 1 aliphatic rings. The van der Waals surface area contributed by atoms with Gasteiger partial charge >= 0.3 is 0 Å². The molecule has 0 saturated heterocycles. The highest BCUT2D eigenvalue weighted by Crippen LogP contribution is 2.26. The average molecular weight is 283 g/mol. The van der Waals surface area contributed by atoms with Crippen LogP contribution in [0.2, 0.25) is 0 Å². The van der Waals surface area contributed by atoms with Crippen LogP contribution in [0, 0.1) is 6.92 Å². The summed E-state index contributed by atoms with van der Waals surface area (Å²) < 4.78 is 5.21. The first-order chi connectivity index (χ1) is 10.1. The third kappa shape index (κ3) is 2.84. The summed E-state index contributed by atoms with van der Waals surface area (Å²) in [6, 6.07) is 10.5. The number of pyridine rings is 1. The number of ether oxygens (including phenoxy) is 1. The SMILES string of the molecule is Cc1cccc(C(=O)Nc2ccc3c(n2)NC(=O)CO3)c1. The first-order valence-corrected chi connectivity index (χ1v) is 6.43. The number of amides is 2. The minimum Gasteiger partial charge on any atom is -0.480 e. The van der Waals surface area contributed by atoms with Crippen LogP contribution < -0.4 is 15.4 Å². The number of aromatic nitrogens is 1. The molecule has 0 fully saturated rings. The highest BCUT2D eigenvalue weighted by atomic mass is 16.5. The van der Waals surface area contributed by atoms with E-state index in [1.54, 1.807) is 24.3 Å². The lowest BCUT2D eigenvalue weighted by atomic mass is 10.1. The number of fused-ring (bicyclic) bond motifs is 1. The third-order valence-corrected chi connectivity index (χ3v) is 3.00. The van der Waals surface area contributed by atoms with Crippen LogP contribution in [-0.4, -0.2) is 23.4 Å². The molecule has 0 radical (unpaired) electrons. The summed E-state index contributed by atoms with van der Waals surface area (Å²) in [6.45, 7) is 1.89. The molecule has 2 N–H and O–H groups in total. The maximum absolute atomic E-state index is 12.1. The Hall–Kier alpha value is -2.89. The highest BCUT2D eigenvalue weighted by Gasteiger charge is 2.18. The van der Waals surface area contributed by atoms with E-state index in [2.05, 4.69) is 15.6 Å². The Morgan fingerprint density at radius 2 is 2.19 bits per heavy atom. The molecule has 6 heteroatoms. The number of nitrogens with zero attached hydrogens (tertiary/aromatic N) is 1. The van der Waals surface area contributed by atoms with E-state index in [0.717, 1.165) is 5.56 Å². The van der Waals surface area contributed by atoms with Crippen LogP contribution in [0.15, 0.2) is 36.4 Å². The van der Waals surface area contributed by atoms with Gasteiger partial charge in [-0.1, -0.05) is 17.7 Å². The zero-order valence-corrected chi connectivity index (χ0v) is 11.3. The molecule has 1 aromatic carbocycles. The van der Waals surface area contributed by atoms with Gasteiger partial charge in [0.25, 0.3) is 11.8 Å². The summed E-state index contributed by atoms with van der Waals surface area (Å²) in [5.41, 5.74) is 1.55. The Bertz CT molecular complexity index is 728. The lowest BCUT2D eigenvalue weighted by Gasteiger charge is -2.17. The lowest BCUT2D eigenvalue weighted by molar-refractivity contribution is -0.118. The van der Waals surface area contributed by atoms with Crippen molar-refractivity contribution in [3.05, 3.63) is 47.5 Å². The van der Waals surface area contributed by atoms with E-state index in [4.69, 9.17) is 4.74 Å². The maximum Gasteiger partial charge on any atom is 0.263 e. The Morgan fingerprint density at radius 3 is 3.00 bits per heavy atom. The van der Waals surface area contributed by atoms with Gasteiger partial charge in [-0.2, -0.15) is 0 Å². The lowest BCUT2D eigenvalue weighted by Crippen LogP contribution is -2.26. The van der Waals surface area contributed by atoms with Crippen molar-refractivity contribution in [3.63, 3.8) is 0 Å². The van der Waals surface area contributed by atoms with Gasteiger partial charge in [0.2, 0.25) is 0 Å². The van der Waals surface area contributed by atoms with Crippen molar-refractivity contribution in [3.8, 4) is 5.75 Å². The number of anilines is 2. The number of hydrogen-bond donors (Lipinski definition) is 2. The molecule has 2 aromatic rings. The van der Waals surface area contributed by atoms with Crippen LogP contribution in [0.3, 0.4) is 0 Å². The van der Waals surface area contributed by atoms with E-state index < -0.39 is 0 Å². The summed E-state index contributed by atoms with van der Waals surface area (Å²) >= 11 is 0. The van der Waals surface area contributed by atoms with E-state index in [0.29, 0.717) is 22.9 Å². The number of nitrogens with one attached hydrogen (secondary N) is 2. The molecule has 0 aliphatic carbocycles. The maximum atomic E-state index is 12.1. The zero-order chi connectivity index (χ0) is 14.8. The summed E-state index contributed by atoms with van der Waals surface area (Å²) in [5.74, 6) is 0.633. The predicted molar refractivity (Wildman–Crippen MR) is 77.5 cm³/mol. The first kappa shape index (κ1) is 13.1. The van der Waals surface area contributed by atoms with Crippen molar-refractivity contribution in [1.29, 1.82) is 0 Å². The molecule has 6 nitrogen and oxygen atoms in total. The second-order valence-electron chi connectivity index (χ2n) is 4.70. The molecule has 1 aromatic heterocycles. The second kappa shape index (κ2) is 5.24. The largest absolute Gasteiger partial charge is 0.480 e. The fourth-order valence-corrected chi connectivity index (χ4v) is 2.01. The molecule has 0 atom stereocenters. The van der Waals surface area contributed by atoms with Gasteiger partial charge in [-0.05, 0) is 31.2 Å². The number of benzene rings is 1. The Balaban J connectivity index is 1.80. The molecule has 0 bridgehead atoms. The van der Waals surface area contributed by atoms with Crippen molar-refractivity contribution in [2.45, 2.75) is 6.92 Å². The van der Waals surface area contributed by atoms with Gasteiger partial charge in [-0.15, -0.1) is 0 Å². The number of aryl methyl sites for hydroxylation is 1. The number of carbonyl (C=O) groups is 2. The Kier molecular flexibility index (Phi) is 3.27. The standard InChI is InChI=1S/C15H13N3O3/c1-9-3-2-4-10(7-9)15(20)17-12-6-5-11-14(16-12)18-13(19)8-21-11/h2-7H,8H2,1H3,(H2,16,17,18,19,20). The summed E-state index contributed by atoms with van der Waals surface area (Å²) in [7, 11) is 0. The third-order valence-electron chi connectivity index (χ3n) is 3.00. The number of hydrogen-bond acceptors (Lipinski definition) is 4. The van der Waals surface area contributed by atoms with E-state index in [1.165, 1.54) is 0 Å².